The van der Waals surface area contributed by atoms with Gasteiger partial charge in [0.2, 0.25) is 0 Å². The fourth-order valence-electron chi connectivity index (χ4n) is 5.75. The van der Waals surface area contributed by atoms with E-state index in [2.05, 4.69) is 59.9 Å². The molecule has 7 atom stereocenters. The number of ether oxygens (including phenoxy) is 5. The standard InChI is InChI=1S/C38H68O9Si/c1-26(28(3)47-48(12,13)37(7,8)9)20-19-21-29-25-43-34(35-33(29)45-38(10,11)46-35)32(41)27(2)24-31(40)42-23-18-16-14-15-17-22-30(39)44-36(4,5)6/h19-20,24,26,28-29,32-35,41H,14-18,21-23,25H2,1-13H3/b20-19+,27-24+/t26-,28+,29-,32-,33-,34-,35-/m1/s1. The Morgan fingerprint density at radius 3 is 2.21 bits per heavy atom. The third-order valence-electron chi connectivity index (χ3n) is 9.67. The number of rotatable bonds is 17. The molecule has 0 unspecified atom stereocenters. The number of carbonyl (C=O) groups excluding carboxylic acids is 2. The van der Waals surface area contributed by atoms with Crippen LogP contribution in [0.15, 0.2) is 23.8 Å². The van der Waals surface area contributed by atoms with Crippen molar-refractivity contribution >= 4 is 20.3 Å². The van der Waals surface area contributed by atoms with Gasteiger partial charge in [0, 0.05) is 24.5 Å². The molecule has 278 valence electrons. The molecule has 48 heavy (non-hydrogen) atoms. The lowest BCUT2D eigenvalue weighted by Crippen LogP contribution is -2.53. The summed E-state index contributed by atoms with van der Waals surface area (Å²) < 4.78 is 36.2. The van der Waals surface area contributed by atoms with E-state index in [4.69, 9.17) is 28.1 Å². The maximum atomic E-state index is 12.5. The first kappa shape index (κ1) is 42.6. The Hall–Kier alpha value is -1.56. The molecule has 0 saturated carbocycles. The molecule has 0 spiro atoms. The summed E-state index contributed by atoms with van der Waals surface area (Å²) in [6.45, 7) is 27.5. The number of aliphatic hydroxyl groups excluding tert-OH is 1. The minimum atomic E-state index is -1.86. The Morgan fingerprint density at radius 2 is 1.58 bits per heavy atom. The number of unbranched alkanes of at least 4 members (excludes halogenated alkanes) is 4. The SMILES string of the molecule is C/C(=C\C(=O)OCCCCCCCC(=O)OC(C)(C)C)[C@@H](O)[C@H]1OC[C@@H](C/C=C/[C@@H](C)[C@H](C)O[Si](C)(C)C(C)(C)C)[C@H]2OC(C)(C)O[C@H]21. The highest BCUT2D eigenvalue weighted by Crippen LogP contribution is 2.41. The van der Waals surface area contributed by atoms with Gasteiger partial charge in [0.05, 0.1) is 19.3 Å². The van der Waals surface area contributed by atoms with E-state index in [-0.39, 0.29) is 35.1 Å². The van der Waals surface area contributed by atoms with Gasteiger partial charge in [0.15, 0.2) is 14.1 Å². The van der Waals surface area contributed by atoms with E-state index in [1.54, 1.807) is 6.92 Å². The van der Waals surface area contributed by atoms with Crippen molar-refractivity contribution in [3.05, 3.63) is 23.8 Å². The van der Waals surface area contributed by atoms with E-state index in [1.807, 2.05) is 34.6 Å². The Balaban J connectivity index is 1.84. The third kappa shape index (κ3) is 14.0. The van der Waals surface area contributed by atoms with Gasteiger partial charge in [-0.1, -0.05) is 59.1 Å². The Labute approximate surface area is 292 Å². The van der Waals surface area contributed by atoms with Gasteiger partial charge in [0.25, 0.3) is 0 Å². The van der Waals surface area contributed by atoms with E-state index < -0.39 is 44.0 Å². The van der Waals surface area contributed by atoms with E-state index in [1.165, 1.54) is 6.08 Å². The van der Waals surface area contributed by atoms with Crippen LogP contribution in [0.2, 0.25) is 18.1 Å². The van der Waals surface area contributed by atoms with Crippen molar-refractivity contribution in [1.29, 1.82) is 0 Å². The number of hydrogen-bond acceptors (Lipinski definition) is 9. The van der Waals surface area contributed by atoms with Crippen molar-refractivity contribution in [3.63, 3.8) is 0 Å². The van der Waals surface area contributed by atoms with Crippen molar-refractivity contribution < 1.29 is 42.8 Å². The zero-order chi connectivity index (χ0) is 36.5. The lowest BCUT2D eigenvalue weighted by molar-refractivity contribution is -0.165. The van der Waals surface area contributed by atoms with Gasteiger partial charge in [-0.2, -0.15) is 0 Å². The topological polar surface area (TPSA) is 110 Å². The zero-order valence-electron chi connectivity index (χ0n) is 32.4. The first-order valence-corrected chi connectivity index (χ1v) is 21.0. The maximum Gasteiger partial charge on any atom is 0.330 e. The molecule has 0 aromatic rings. The van der Waals surface area contributed by atoms with Gasteiger partial charge in [-0.15, -0.1) is 0 Å². The van der Waals surface area contributed by atoms with E-state index in [0.717, 1.165) is 38.5 Å². The zero-order valence-corrected chi connectivity index (χ0v) is 33.4. The summed E-state index contributed by atoms with van der Waals surface area (Å²) >= 11 is 0. The van der Waals surface area contributed by atoms with Crippen molar-refractivity contribution in [1.82, 2.24) is 0 Å². The van der Waals surface area contributed by atoms with Crippen LogP contribution >= 0.6 is 0 Å². The molecule has 2 rings (SSSR count). The minimum Gasteiger partial charge on any atom is -0.463 e. The second kappa shape index (κ2) is 18.1. The second-order valence-corrected chi connectivity index (χ2v) is 21.6. The number of hydrogen-bond donors (Lipinski definition) is 1. The van der Waals surface area contributed by atoms with Crippen LogP contribution in [0.25, 0.3) is 0 Å². The number of fused-ring (bicyclic) bond motifs is 1. The number of esters is 2. The molecule has 2 fully saturated rings. The minimum absolute atomic E-state index is 0.0619. The highest BCUT2D eigenvalue weighted by molar-refractivity contribution is 6.74. The summed E-state index contributed by atoms with van der Waals surface area (Å²) in [5.74, 6) is -1.15. The monoisotopic (exact) mass is 696 g/mol. The molecule has 0 aromatic heterocycles. The summed E-state index contributed by atoms with van der Waals surface area (Å²) in [6, 6.07) is 0. The number of aliphatic hydroxyl groups is 1. The van der Waals surface area contributed by atoms with Crippen LogP contribution < -0.4 is 0 Å². The van der Waals surface area contributed by atoms with Crippen LogP contribution in [0.4, 0.5) is 0 Å². The number of allylic oxidation sites excluding steroid dienone is 1. The first-order valence-electron chi connectivity index (χ1n) is 18.1. The van der Waals surface area contributed by atoms with Crippen molar-refractivity contribution in [2.24, 2.45) is 11.8 Å². The van der Waals surface area contributed by atoms with Crippen LogP contribution in [0, 0.1) is 11.8 Å². The summed E-state index contributed by atoms with van der Waals surface area (Å²) in [4.78, 5) is 24.3. The largest absolute Gasteiger partial charge is 0.463 e. The van der Waals surface area contributed by atoms with E-state index >= 15 is 0 Å². The van der Waals surface area contributed by atoms with Crippen molar-refractivity contribution in [2.75, 3.05) is 13.2 Å². The van der Waals surface area contributed by atoms with Crippen molar-refractivity contribution in [2.45, 2.75) is 181 Å². The second-order valence-electron chi connectivity index (χ2n) is 16.8. The van der Waals surface area contributed by atoms with E-state index in [0.29, 0.717) is 25.2 Å². The van der Waals surface area contributed by atoms with Gasteiger partial charge in [0.1, 0.15) is 23.9 Å². The molecule has 2 aliphatic heterocycles. The molecule has 10 heteroatoms. The van der Waals surface area contributed by atoms with Gasteiger partial charge < -0.3 is 33.2 Å². The van der Waals surface area contributed by atoms with Crippen LogP contribution in [-0.2, 0) is 37.7 Å². The molecule has 0 amide bonds. The Bertz CT molecular complexity index is 1080. The molecule has 1 N–H and O–H groups in total. The van der Waals surface area contributed by atoms with E-state index in [9.17, 15) is 14.7 Å². The molecule has 2 aliphatic rings. The third-order valence-corrected chi connectivity index (χ3v) is 14.2. The Kier molecular flexibility index (Phi) is 16.1. The molecule has 9 nitrogen and oxygen atoms in total. The average molecular weight is 697 g/mol. The van der Waals surface area contributed by atoms with Crippen LogP contribution in [0.5, 0.6) is 0 Å². The molecule has 0 radical (unpaired) electrons. The average Bonchev–Trinajstić information content (AvgIpc) is 3.27. The van der Waals surface area contributed by atoms with Gasteiger partial charge in [-0.3, -0.25) is 4.79 Å². The number of carbonyl (C=O) groups is 2. The highest BCUT2D eigenvalue weighted by atomic mass is 28.4. The molecule has 2 heterocycles. The lowest BCUT2D eigenvalue weighted by atomic mass is 9.86. The predicted molar refractivity (Wildman–Crippen MR) is 192 cm³/mol. The normalized spacial score (nSPS) is 25.4. The smallest absolute Gasteiger partial charge is 0.330 e. The molecular formula is C38H68O9Si. The summed E-state index contributed by atoms with van der Waals surface area (Å²) in [5, 5.41) is 11.4. The molecular weight excluding hydrogens is 628 g/mol. The fourth-order valence-corrected chi connectivity index (χ4v) is 7.24. The lowest BCUT2D eigenvalue weighted by Gasteiger charge is -2.39. The first-order chi connectivity index (χ1) is 22.0. The molecule has 0 aromatic carbocycles. The van der Waals surface area contributed by atoms with Crippen LogP contribution in [0.3, 0.4) is 0 Å². The van der Waals surface area contributed by atoms with Gasteiger partial charge >= 0.3 is 11.9 Å². The maximum absolute atomic E-state index is 12.5. The molecule has 0 aliphatic carbocycles. The predicted octanol–water partition coefficient (Wildman–Crippen LogP) is 8.05. The molecule has 2 saturated heterocycles. The summed E-state index contributed by atoms with van der Waals surface area (Å²) in [7, 11) is -1.86. The van der Waals surface area contributed by atoms with Crippen LogP contribution in [-0.4, -0.2) is 80.5 Å². The van der Waals surface area contributed by atoms with Crippen molar-refractivity contribution in [3.8, 4) is 0 Å². The fraction of sp³-hybridized carbons (Fsp3) is 0.842. The quantitative estimate of drug-likeness (QED) is 0.0531. The highest BCUT2D eigenvalue weighted by Gasteiger charge is 2.53. The van der Waals surface area contributed by atoms with Crippen LogP contribution in [0.1, 0.15) is 121 Å². The molecule has 0 bridgehead atoms. The summed E-state index contributed by atoms with van der Waals surface area (Å²) in [6.07, 6.45) is 8.91. The Morgan fingerprint density at radius 1 is 0.979 bits per heavy atom. The van der Waals surface area contributed by atoms with Gasteiger partial charge in [-0.05, 0) is 97.4 Å². The van der Waals surface area contributed by atoms with Gasteiger partial charge in [-0.25, -0.2) is 4.79 Å². The summed E-state index contributed by atoms with van der Waals surface area (Å²) in [5.41, 5.74) is 0.00713.